The Morgan fingerprint density at radius 3 is 2.33 bits per heavy atom. The van der Waals surface area contributed by atoms with Crippen LogP contribution in [0.3, 0.4) is 0 Å². The molecule has 150 valence electrons. The van der Waals surface area contributed by atoms with E-state index in [-0.39, 0.29) is 23.7 Å². The van der Waals surface area contributed by atoms with Crippen LogP contribution in [0.1, 0.15) is 40.0 Å². The number of fused-ring (bicyclic) bond motifs is 1. The summed E-state index contributed by atoms with van der Waals surface area (Å²) < 4.78 is 10.4. The summed E-state index contributed by atoms with van der Waals surface area (Å²) in [5.74, 6) is -0.530. The number of carbonyl (C=O) groups is 3. The number of methoxy groups -OCH3 is 1. The van der Waals surface area contributed by atoms with Crippen molar-refractivity contribution < 1.29 is 23.9 Å². The smallest absolute Gasteiger partial charge is 0.411 e. The van der Waals surface area contributed by atoms with Crippen molar-refractivity contribution in [1.82, 2.24) is 14.7 Å². The van der Waals surface area contributed by atoms with Crippen LogP contribution in [0.4, 0.5) is 9.59 Å². The Balaban J connectivity index is 1.57. The second-order valence-corrected chi connectivity index (χ2v) is 9.41. The fourth-order valence-electron chi connectivity index (χ4n) is 5.18. The SMILES string of the molecule is COC(=O)[C@@H]1[C@H]2CN(C34CC(N)(C3)C4)C(=O)N2CCN1C(=O)OC(C)(C)C. The minimum absolute atomic E-state index is 0.0699. The molecule has 5 rings (SSSR count). The van der Waals surface area contributed by atoms with Gasteiger partial charge in [-0.25, -0.2) is 14.4 Å². The Morgan fingerprint density at radius 2 is 1.81 bits per heavy atom. The molecule has 2 saturated heterocycles. The molecule has 0 radical (unpaired) electrons. The average Bonchev–Trinajstić information content (AvgIpc) is 2.84. The molecule has 3 amide bonds. The van der Waals surface area contributed by atoms with Crippen molar-refractivity contribution in [2.45, 2.75) is 68.8 Å². The van der Waals surface area contributed by atoms with Crippen LogP contribution in [0.15, 0.2) is 0 Å². The molecule has 0 unspecified atom stereocenters. The minimum Gasteiger partial charge on any atom is -0.467 e. The summed E-state index contributed by atoms with van der Waals surface area (Å²) >= 11 is 0. The molecule has 2 N–H and O–H groups in total. The molecule has 3 aliphatic carbocycles. The highest BCUT2D eigenvalue weighted by Gasteiger charge is 2.71. The molecule has 9 nitrogen and oxygen atoms in total. The molecule has 0 aromatic rings. The first-order valence-corrected chi connectivity index (χ1v) is 9.43. The predicted octanol–water partition coefficient (Wildman–Crippen LogP) is 0.519. The Kier molecular flexibility index (Phi) is 3.73. The monoisotopic (exact) mass is 380 g/mol. The van der Waals surface area contributed by atoms with Crippen molar-refractivity contribution in [3.8, 4) is 0 Å². The van der Waals surface area contributed by atoms with Crippen LogP contribution in [0, 0.1) is 0 Å². The largest absolute Gasteiger partial charge is 0.467 e. The topological polar surface area (TPSA) is 105 Å². The van der Waals surface area contributed by atoms with Gasteiger partial charge < -0.3 is 25.0 Å². The van der Waals surface area contributed by atoms with Gasteiger partial charge in [-0.15, -0.1) is 0 Å². The fraction of sp³-hybridized carbons (Fsp3) is 0.833. The standard InChI is InChI=1S/C18H28N4O5/c1-16(2,3)27-15(25)21-6-5-20-11(12(21)13(23)26-4)7-22(14(20)24)18-8-17(19,9-18)10-18/h11-12H,5-10,19H2,1-4H3/t11-,12+,17?,18?/m1/s1. The number of esters is 1. The Bertz CT molecular complexity index is 683. The molecule has 0 spiro atoms. The van der Waals surface area contributed by atoms with Crippen molar-refractivity contribution >= 4 is 18.1 Å². The summed E-state index contributed by atoms with van der Waals surface area (Å²) in [6, 6.07) is -1.37. The highest BCUT2D eigenvalue weighted by molar-refractivity contribution is 5.86. The third-order valence-electron chi connectivity index (χ3n) is 6.22. The molecule has 5 aliphatic rings. The van der Waals surface area contributed by atoms with Crippen LogP contribution in [0.25, 0.3) is 0 Å². The van der Waals surface area contributed by atoms with Crippen LogP contribution >= 0.6 is 0 Å². The second kappa shape index (κ2) is 5.50. The Morgan fingerprint density at radius 1 is 1.19 bits per heavy atom. The number of hydrogen-bond acceptors (Lipinski definition) is 6. The Labute approximate surface area is 158 Å². The van der Waals surface area contributed by atoms with E-state index >= 15 is 0 Å². The van der Waals surface area contributed by atoms with Crippen LogP contribution in [0.5, 0.6) is 0 Å². The van der Waals surface area contributed by atoms with Crippen LogP contribution < -0.4 is 5.73 Å². The van der Waals surface area contributed by atoms with Gasteiger partial charge in [0, 0.05) is 30.7 Å². The van der Waals surface area contributed by atoms with Crippen LogP contribution in [-0.4, -0.2) is 88.3 Å². The van der Waals surface area contributed by atoms with Gasteiger partial charge >= 0.3 is 18.1 Å². The normalized spacial score (nSPS) is 37.4. The van der Waals surface area contributed by atoms with Gasteiger partial charge in [-0.3, -0.25) is 4.90 Å². The zero-order chi connectivity index (χ0) is 19.8. The first-order valence-electron chi connectivity index (χ1n) is 9.43. The number of rotatable bonds is 2. The third-order valence-corrected chi connectivity index (χ3v) is 6.22. The number of nitrogens with two attached hydrogens (primary N) is 1. The molecule has 2 bridgehead atoms. The van der Waals surface area contributed by atoms with E-state index in [9.17, 15) is 14.4 Å². The van der Waals surface area contributed by atoms with Crippen molar-refractivity contribution in [1.29, 1.82) is 0 Å². The zero-order valence-corrected chi connectivity index (χ0v) is 16.4. The molecule has 2 atom stereocenters. The number of nitrogens with zero attached hydrogens (tertiary/aromatic N) is 3. The third kappa shape index (κ3) is 2.66. The molecule has 2 heterocycles. The number of hydrogen-bond donors (Lipinski definition) is 1. The quantitative estimate of drug-likeness (QED) is 0.700. The number of ether oxygens (including phenoxy) is 2. The van der Waals surface area contributed by atoms with Crippen molar-refractivity contribution in [3.05, 3.63) is 0 Å². The van der Waals surface area contributed by atoms with Gasteiger partial charge in [0.25, 0.3) is 0 Å². The predicted molar refractivity (Wildman–Crippen MR) is 94.8 cm³/mol. The maximum absolute atomic E-state index is 13.0. The molecular formula is C18H28N4O5. The van der Waals surface area contributed by atoms with Crippen molar-refractivity contribution in [2.75, 3.05) is 26.7 Å². The summed E-state index contributed by atoms with van der Waals surface area (Å²) in [6.45, 7) is 6.34. The fourth-order valence-corrected chi connectivity index (χ4v) is 5.18. The lowest BCUT2D eigenvalue weighted by molar-refractivity contribution is -0.152. The van der Waals surface area contributed by atoms with Gasteiger partial charge in [0.1, 0.15) is 5.60 Å². The Hall–Kier alpha value is -2.03. The van der Waals surface area contributed by atoms with E-state index in [2.05, 4.69) is 0 Å². The second-order valence-electron chi connectivity index (χ2n) is 9.41. The molecule has 5 fully saturated rings. The molecule has 0 aromatic carbocycles. The molecular weight excluding hydrogens is 352 g/mol. The lowest BCUT2D eigenvalue weighted by Gasteiger charge is -2.71. The maximum atomic E-state index is 13.0. The van der Waals surface area contributed by atoms with Crippen LogP contribution in [0.2, 0.25) is 0 Å². The van der Waals surface area contributed by atoms with E-state index < -0.39 is 29.7 Å². The van der Waals surface area contributed by atoms with Crippen molar-refractivity contribution in [2.24, 2.45) is 5.73 Å². The van der Waals surface area contributed by atoms with E-state index in [1.54, 1.807) is 25.7 Å². The average molecular weight is 380 g/mol. The summed E-state index contributed by atoms with van der Waals surface area (Å²) in [5, 5.41) is 0. The highest BCUT2D eigenvalue weighted by atomic mass is 16.6. The van der Waals surface area contributed by atoms with Gasteiger partial charge in [-0.1, -0.05) is 0 Å². The number of urea groups is 1. The van der Waals surface area contributed by atoms with Gasteiger partial charge in [0.05, 0.1) is 13.2 Å². The van der Waals surface area contributed by atoms with E-state index in [1.807, 2.05) is 4.90 Å². The molecule has 2 aliphatic heterocycles. The van der Waals surface area contributed by atoms with Gasteiger partial charge in [-0.2, -0.15) is 0 Å². The molecule has 0 aromatic heterocycles. The number of carbonyl (C=O) groups excluding carboxylic acids is 3. The molecule has 9 heteroatoms. The lowest BCUT2D eigenvalue weighted by Crippen LogP contribution is -2.82. The van der Waals surface area contributed by atoms with E-state index in [4.69, 9.17) is 15.2 Å². The molecule has 27 heavy (non-hydrogen) atoms. The van der Waals surface area contributed by atoms with E-state index in [1.165, 1.54) is 12.0 Å². The van der Waals surface area contributed by atoms with Gasteiger partial charge in [0.15, 0.2) is 6.04 Å². The summed E-state index contributed by atoms with van der Waals surface area (Å²) in [4.78, 5) is 43.2. The zero-order valence-electron chi connectivity index (χ0n) is 16.4. The van der Waals surface area contributed by atoms with E-state index in [0.29, 0.717) is 13.1 Å². The maximum Gasteiger partial charge on any atom is 0.411 e. The van der Waals surface area contributed by atoms with Gasteiger partial charge in [-0.05, 0) is 40.0 Å². The van der Waals surface area contributed by atoms with Crippen LogP contribution in [-0.2, 0) is 14.3 Å². The lowest BCUT2D eigenvalue weighted by atomic mass is 9.44. The molecule has 3 saturated carbocycles. The summed E-state index contributed by atoms with van der Waals surface area (Å²) in [5.41, 5.74) is 5.20. The first-order chi connectivity index (χ1) is 12.5. The summed E-state index contributed by atoms with van der Waals surface area (Å²) in [7, 11) is 1.29. The first kappa shape index (κ1) is 18.3. The highest BCUT2D eigenvalue weighted by Crippen LogP contribution is 2.63. The minimum atomic E-state index is -0.869. The van der Waals surface area contributed by atoms with E-state index in [0.717, 1.165) is 19.3 Å². The van der Waals surface area contributed by atoms with Crippen molar-refractivity contribution in [3.63, 3.8) is 0 Å². The number of amides is 3. The van der Waals surface area contributed by atoms with Gasteiger partial charge in [0.2, 0.25) is 0 Å². The number of piperazine rings is 1. The summed E-state index contributed by atoms with van der Waals surface area (Å²) in [6.07, 6.45) is 1.87.